The maximum absolute atomic E-state index is 2.51. The van der Waals surface area contributed by atoms with Gasteiger partial charge in [-0.25, -0.2) is 0 Å². The Kier molecular flexibility index (Phi) is 7.43. The highest BCUT2D eigenvalue weighted by atomic mass is 15.0. The molecule has 0 bridgehead atoms. The fourth-order valence-electron chi connectivity index (χ4n) is 11.1. The zero-order valence-electron chi connectivity index (χ0n) is 34.8. The Balaban J connectivity index is 0.965. The molecule has 2 heteroatoms. The van der Waals surface area contributed by atoms with Crippen molar-refractivity contribution in [2.45, 2.75) is 0 Å². The molecule has 2 heterocycles. The van der Waals surface area contributed by atoms with Gasteiger partial charge in [0, 0.05) is 38.3 Å². The number of fused-ring (bicyclic) bond motifs is 11. The highest BCUT2D eigenvalue weighted by Crippen LogP contribution is 2.50. The first-order valence-corrected chi connectivity index (χ1v) is 22.2. The third kappa shape index (κ3) is 5.02. The van der Waals surface area contributed by atoms with E-state index in [0.717, 1.165) is 5.69 Å². The van der Waals surface area contributed by atoms with Crippen LogP contribution in [-0.4, -0.2) is 9.13 Å². The van der Waals surface area contributed by atoms with Crippen LogP contribution in [0.1, 0.15) is 0 Å². The molecule has 0 radical (unpaired) electrons. The van der Waals surface area contributed by atoms with Crippen LogP contribution in [0, 0.1) is 0 Å². The summed E-state index contributed by atoms with van der Waals surface area (Å²) in [4.78, 5) is 0. The van der Waals surface area contributed by atoms with E-state index in [4.69, 9.17) is 0 Å². The standard InChI is InChI=1S/C62H38N2/c1-2-16-43(17-3-1)63-58-27-11-10-24-51(58)57-37-40(30-35-59(57)63)41-29-31-52-56-32-28-39-14-4-5-20-46(39)62(56)64(60(52)38-41)44-18-12-15-42(36-44)45-19-6-7-21-47(45)50-33-34-55-49-23-9-8-22-48(49)53-25-13-26-54(50)61(53)55/h1-38H. The number of benzene rings is 11. The SMILES string of the molecule is c1ccc(-n2c3ccccc3c3cc(-c4ccc5c6ccc7ccccc7c6n(-c6cccc(-c7ccccc7-c7ccc8c9c(cccc79)-c7ccccc7-8)c6)c5c4)ccc32)cc1. The third-order valence-electron chi connectivity index (χ3n) is 13.9. The lowest BCUT2D eigenvalue weighted by molar-refractivity contribution is 1.18. The number of hydrogen-bond acceptors (Lipinski definition) is 0. The van der Waals surface area contributed by atoms with Crippen LogP contribution in [0.3, 0.4) is 0 Å². The van der Waals surface area contributed by atoms with Crippen molar-refractivity contribution in [2.24, 2.45) is 0 Å². The quantitative estimate of drug-likeness (QED) is 0.164. The van der Waals surface area contributed by atoms with Gasteiger partial charge < -0.3 is 9.13 Å². The second kappa shape index (κ2) is 13.5. The van der Waals surface area contributed by atoms with E-state index in [0.29, 0.717) is 0 Å². The fourth-order valence-corrected chi connectivity index (χ4v) is 11.1. The minimum Gasteiger partial charge on any atom is -0.309 e. The van der Waals surface area contributed by atoms with Gasteiger partial charge in [0.25, 0.3) is 0 Å². The molecule has 0 spiro atoms. The van der Waals surface area contributed by atoms with Gasteiger partial charge in [-0.3, -0.25) is 0 Å². The number of hydrogen-bond donors (Lipinski definition) is 0. The van der Waals surface area contributed by atoms with Gasteiger partial charge in [-0.15, -0.1) is 0 Å². The van der Waals surface area contributed by atoms with Gasteiger partial charge >= 0.3 is 0 Å². The zero-order valence-corrected chi connectivity index (χ0v) is 34.8. The molecule has 2 nitrogen and oxygen atoms in total. The van der Waals surface area contributed by atoms with E-state index in [-0.39, 0.29) is 0 Å². The van der Waals surface area contributed by atoms with Crippen LogP contribution in [0.5, 0.6) is 0 Å². The van der Waals surface area contributed by atoms with Gasteiger partial charge in [0.15, 0.2) is 0 Å². The van der Waals surface area contributed by atoms with E-state index in [2.05, 4.69) is 240 Å². The summed E-state index contributed by atoms with van der Waals surface area (Å²) in [5, 5.41) is 10.1. The van der Waals surface area contributed by atoms with Crippen LogP contribution in [0.2, 0.25) is 0 Å². The average Bonchev–Trinajstić information content (AvgIpc) is 4.00. The van der Waals surface area contributed by atoms with Crippen molar-refractivity contribution in [3.05, 3.63) is 231 Å². The van der Waals surface area contributed by atoms with E-state index in [1.54, 1.807) is 0 Å². The molecule has 1 aliphatic rings. The molecule has 0 N–H and O–H groups in total. The van der Waals surface area contributed by atoms with Crippen molar-refractivity contribution in [2.75, 3.05) is 0 Å². The Morgan fingerprint density at radius 3 is 1.67 bits per heavy atom. The number of para-hydroxylation sites is 2. The largest absolute Gasteiger partial charge is 0.309 e. The highest BCUT2D eigenvalue weighted by molar-refractivity contribution is 6.21. The molecule has 0 amide bonds. The van der Waals surface area contributed by atoms with Crippen molar-refractivity contribution < 1.29 is 0 Å². The first-order chi connectivity index (χ1) is 31.8. The summed E-state index contributed by atoms with van der Waals surface area (Å²) in [6, 6.07) is 85.3. The summed E-state index contributed by atoms with van der Waals surface area (Å²) in [5.74, 6) is 0. The second-order valence-corrected chi connectivity index (χ2v) is 17.2. The Morgan fingerprint density at radius 2 is 0.812 bits per heavy atom. The van der Waals surface area contributed by atoms with Gasteiger partial charge in [-0.2, -0.15) is 0 Å². The van der Waals surface area contributed by atoms with Crippen molar-refractivity contribution in [1.29, 1.82) is 0 Å². The molecule has 0 fully saturated rings. The summed E-state index contributed by atoms with van der Waals surface area (Å²) in [7, 11) is 0. The summed E-state index contributed by atoms with van der Waals surface area (Å²) in [6.45, 7) is 0. The minimum absolute atomic E-state index is 1.14. The average molecular weight is 811 g/mol. The fraction of sp³-hybridized carbons (Fsp3) is 0. The molecule has 13 aromatic rings. The Labute approximate surface area is 370 Å². The van der Waals surface area contributed by atoms with Crippen molar-refractivity contribution in [3.8, 4) is 67.0 Å². The van der Waals surface area contributed by atoms with E-state index in [1.165, 1.54) is 126 Å². The minimum atomic E-state index is 1.14. The lowest BCUT2D eigenvalue weighted by atomic mass is 9.89. The van der Waals surface area contributed by atoms with Crippen LogP contribution >= 0.6 is 0 Å². The molecule has 0 atom stereocenters. The Bertz CT molecular complexity index is 4040. The van der Waals surface area contributed by atoms with Crippen LogP contribution in [0.25, 0.3) is 132 Å². The Hall–Kier alpha value is -8.46. The van der Waals surface area contributed by atoms with Crippen molar-refractivity contribution in [3.63, 3.8) is 0 Å². The second-order valence-electron chi connectivity index (χ2n) is 17.2. The van der Waals surface area contributed by atoms with E-state index < -0.39 is 0 Å². The third-order valence-corrected chi connectivity index (χ3v) is 13.9. The molecule has 64 heavy (non-hydrogen) atoms. The summed E-state index contributed by atoms with van der Waals surface area (Å²) in [6.07, 6.45) is 0. The molecule has 0 aliphatic heterocycles. The smallest absolute Gasteiger partial charge is 0.0619 e. The topological polar surface area (TPSA) is 9.86 Å². The Morgan fingerprint density at radius 1 is 0.234 bits per heavy atom. The maximum atomic E-state index is 2.51. The first kappa shape index (κ1) is 35.2. The number of aromatic nitrogens is 2. The summed E-state index contributed by atoms with van der Waals surface area (Å²) in [5.41, 5.74) is 19.7. The molecule has 11 aromatic carbocycles. The number of nitrogens with zero attached hydrogens (tertiary/aromatic N) is 2. The summed E-state index contributed by atoms with van der Waals surface area (Å²) >= 11 is 0. The lowest BCUT2D eigenvalue weighted by Crippen LogP contribution is -1.96. The molecule has 14 rings (SSSR count). The van der Waals surface area contributed by atoms with Crippen LogP contribution < -0.4 is 0 Å². The molecule has 0 unspecified atom stereocenters. The molecule has 0 saturated carbocycles. The molecule has 2 aromatic heterocycles. The number of rotatable bonds is 5. The van der Waals surface area contributed by atoms with E-state index in [9.17, 15) is 0 Å². The predicted molar refractivity (Wildman–Crippen MR) is 271 cm³/mol. The van der Waals surface area contributed by atoms with Gasteiger partial charge in [0.05, 0.1) is 22.1 Å². The van der Waals surface area contributed by atoms with E-state index >= 15 is 0 Å². The molecular formula is C62H38N2. The van der Waals surface area contributed by atoms with Gasteiger partial charge in [0.1, 0.15) is 0 Å². The first-order valence-electron chi connectivity index (χ1n) is 22.2. The normalized spacial score (nSPS) is 12.1. The molecule has 1 aliphatic carbocycles. The molecule has 0 saturated heterocycles. The summed E-state index contributed by atoms with van der Waals surface area (Å²) < 4.78 is 4.90. The molecular weight excluding hydrogens is 773 g/mol. The van der Waals surface area contributed by atoms with Crippen LogP contribution in [0.15, 0.2) is 231 Å². The van der Waals surface area contributed by atoms with E-state index in [1.807, 2.05) is 0 Å². The van der Waals surface area contributed by atoms with Crippen molar-refractivity contribution >= 4 is 65.2 Å². The maximum Gasteiger partial charge on any atom is 0.0619 e. The van der Waals surface area contributed by atoms with Crippen LogP contribution in [-0.2, 0) is 0 Å². The van der Waals surface area contributed by atoms with Gasteiger partial charge in [-0.05, 0) is 120 Å². The molecule has 296 valence electrons. The lowest BCUT2D eigenvalue weighted by Gasteiger charge is -2.16. The predicted octanol–water partition coefficient (Wildman–Crippen LogP) is 16.8. The van der Waals surface area contributed by atoms with Crippen LogP contribution in [0.4, 0.5) is 0 Å². The van der Waals surface area contributed by atoms with Gasteiger partial charge in [-0.1, -0.05) is 182 Å². The zero-order chi connectivity index (χ0) is 41.9. The highest BCUT2D eigenvalue weighted by Gasteiger charge is 2.24. The van der Waals surface area contributed by atoms with Crippen molar-refractivity contribution in [1.82, 2.24) is 9.13 Å². The van der Waals surface area contributed by atoms with Gasteiger partial charge in [0.2, 0.25) is 0 Å². The monoisotopic (exact) mass is 810 g/mol.